The lowest BCUT2D eigenvalue weighted by molar-refractivity contribution is -0.144. The number of esters is 1. The summed E-state index contributed by atoms with van der Waals surface area (Å²) in [5.74, 6) is 0.395. The van der Waals surface area contributed by atoms with Crippen LogP contribution in [0, 0.1) is 0 Å². The minimum absolute atomic E-state index is 0.293. The maximum Gasteiger partial charge on any atom is 0.323 e. The third kappa shape index (κ3) is 5.10. The fourth-order valence-corrected chi connectivity index (χ4v) is 4.04. The number of ether oxygens (including phenoxy) is 1. The molecule has 0 saturated heterocycles. The first-order chi connectivity index (χ1) is 9.69. The van der Waals surface area contributed by atoms with Gasteiger partial charge in [-0.05, 0) is 37.8 Å². The van der Waals surface area contributed by atoms with Gasteiger partial charge in [-0.15, -0.1) is 0 Å². The smallest absolute Gasteiger partial charge is 0.323 e. The first-order valence-electron chi connectivity index (χ1n) is 6.99. The number of rotatable bonds is 6. The van der Waals surface area contributed by atoms with Crippen LogP contribution in [-0.4, -0.2) is 23.8 Å². The summed E-state index contributed by atoms with van der Waals surface area (Å²) in [7, 11) is 0. The van der Waals surface area contributed by atoms with Gasteiger partial charge in [-0.1, -0.05) is 39.0 Å². The number of carbonyl (C=O) groups excluding carboxylic acids is 1. The third-order valence-electron chi connectivity index (χ3n) is 2.86. The van der Waals surface area contributed by atoms with Gasteiger partial charge < -0.3 is 9.26 Å². The Bertz CT molecular complexity index is 513. The Balaban J connectivity index is 2.95. The molecule has 0 aromatic heterocycles. The monoisotopic (exact) mass is 329 g/mol. The summed E-state index contributed by atoms with van der Waals surface area (Å²) < 4.78 is 11.1. The van der Waals surface area contributed by atoms with Crippen LogP contribution in [0.25, 0.3) is 0 Å². The van der Waals surface area contributed by atoms with Crippen molar-refractivity contribution in [2.24, 2.45) is 0 Å². The van der Waals surface area contributed by atoms with Crippen LogP contribution in [0.3, 0.4) is 0 Å². The van der Waals surface area contributed by atoms with E-state index in [0.717, 1.165) is 0 Å². The zero-order valence-electron chi connectivity index (χ0n) is 13.3. The second-order valence-corrected chi connectivity index (χ2v) is 10.2. The molecule has 0 amide bonds. The van der Waals surface area contributed by atoms with Crippen molar-refractivity contribution in [1.29, 1.82) is 0 Å². The molecule has 0 radical (unpaired) electrons. The standard InChI is InChI=1S/C15H24NO3PS/c1-6-18-14(17)12(2)16-20(21,15(3,4)5)19-13-10-8-7-9-11-13/h7-12H,6H2,1-5H3,(H,16,21)/t12-,20?/m1/s1. The van der Waals surface area contributed by atoms with Crippen LogP contribution in [0.15, 0.2) is 30.3 Å². The maximum atomic E-state index is 11.8. The molecular formula is C15H24NO3PS. The lowest BCUT2D eigenvalue weighted by Crippen LogP contribution is -2.39. The van der Waals surface area contributed by atoms with Crippen molar-refractivity contribution in [3.63, 3.8) is 0 Å². The first-order valence-corrected chi connectivity index (χ1v) is 9.71. The van der Waals surface area contributed by atoms with Gasteiger partial charge in [0.05, 0.1) is 6.61 Å². The molecule has 1 unspecified atom stereocenters. The van der Waals surface area contributed by atoms with Crippen molar-refractivity contribution < 1.29 is 14.1 Å². The minimum Gasteiger partial charge on any atom is -0.465 e. The van der Waals surface area contributed by atoms with Crippen molar-refractivity contribution >= 4 is 24.2 Å². The summed E-state index contributed by atoms with van der Waals surface area (Å²) in [6.45, 7) is 9.93. The predicted octanol–water partition coefficient (Wildman–Crippen LogP) is 3.71. The molecule has 1 aromatic rings. The summed E-state index contributed by atoms with van der Waals surface area (Å²) in [6.07, 6.45) is -2.48. The molecule has 6 heteroatoms. The minimum atomic E-state index is -2.48. The SMILES string of the molecule is CCOC(=O)[C@@H](C)NP(=S)(Oc1ccccc1)C(C)(C)C. The molecule has 0 aliphatic rings. The average Bonchev–Trinajstić information content (AvgIpc) is 2.38. The van der Waals surface area contributed by atoms with E-state index in [1.54, 1.807) is 13.8 Å². The van der Waals surface area contributed by atoms with Gasteiger partial charge in [0, 0.05) is 5.16 Å². The molecule has 4 nitrogen and oxygen atoms in total. The zero-order valence-corrected chi connectivity index (χ0v) is 15.0. The van der Waals surface area contributed by atoms with E-state index in [1.807, 2.05) is 51.1 Å². The van der Waals surface area contributed by atoms with Crippen molar-refractivity contribution in [2.75, 3.05) is 6.61 Å². The second-order valence-electron chi connectivity index (χ2n) is 5.73. The normalized spacial score (nSPS) is 15.9. The summed E-state index contributed by atoms with van der Waals surface area (Å²) in [4.78, 5) is 11.8. The van der Waals surface area contributed by atoms with Crippen molar-refractivity contribution in [1.82, 2.24) is 5.09 Å². The fourth-order valence-electron chi connectivity index (χ4n) is 1.56. The van der Waals surface area contributed by atoms with Crippen LogP contribution in [0.2, 0.25) is 0 Å². The first kappa shape index (κ1) is 18.1. The molecular weight excluding hydrogens is 305 g/mol. The van der Waals surface area contributed by atoms with Crippen molar-refractivity contribution in [3.05, 3.63) is 30.3 Å². The lowest BCUT2D eigenvalue weighted by atomic mass is 10.3. The molecule has 1 N–H and O–H groups in total. The highest BCUT2D eigenvalue weighted by Gasteiger charge is 2.37. The Kier molecular flexibility index (Phi) is 6.39. The van der Waals surface area contributed by atoms with Gasteiger partial charge in [-0.2, -0.15) is 0 Å². The van der Waals surface area contributed by atoms with Gasteiger partial charge in [0.1, 0.15) is 11.8 Å². The van der Waals surface area contributed by atoms with Crippen LogP contribution >= 0.6 is 6.42 Å². The van der Waals surface area contributed by atoms with Crippen LogP contribution in [0.1, 0.15) is 34.6 Å². The van der Waals surface area contributed by atoms with Crippen LogP contribution in [0.4, 0.5) is 0 Å². The third-order valence-corrected chi connectivity index (χ3v) is 8.01. The van der Waals surface area contributed by atoms with E-state index >= 15 is 0 Å². The van der Waals surface area contributed by atoms with E-state index in [1.165, 1.54) is 0 Å². The average molecular weight is 329 g/mol. The largest absolute Gasteiger partial charge is 0.465 e. The predicted molar refractivity (Wildman–Crippen MR) is 90.3 cm³/mol. The summed E-state index contributed by atoms with van der Waals surface area (Å²) >= 11 is 5.77. The van der Waals surface area contributed by atoms with E-state index in [9.17, 15) is 4.79 Å². The van der Waals surface area contributed by atoms with Gasteiger partial charge in [0.15, 0.2) is 6.42 Å². The Morgan fingerprint density at radius 1 is 1.33 bits per heavy atom. The fraction of sp³-hybridized carbons (Fsp3) is 0.533. The summed E-state index contributed by atoms with van der Waals surface area (Å²) in [6, 6.07) is 8.94. The van der Waals surface area contributed by atoms with Gasteiger partial charge in [-0.25, -0.2) is 5.09 Å². The number of para-hydroxylation sites is 1. The Hall–Kier alpha value is -0.900. The van der Waals surface area contributed by atoms with Crippen molar-refractivity contribution in [2.45, 2.75) is 45.8 Å². The lowest BCUT2D eigenvalue weighted by Gasteiger charge is -2.36. The van der Waals surface area contributed by atoms with E-state index in [0.29, 0.717) is 12.4 Å². The van der Waals surface area contributed by atoms with E-state index in [-0.39, 0.29) is 11.1 Å². The number of benzene rings is 1. The topological polar surface area (TPSA) is 47.6 Å². The quantitative estimate of drug-likeness (QED) is 0.637. The second kappa shape index (κ2) is 7.39. The summed E-state index contributed by atoms with van der Waals surface area (Å²) in [5.41, 5.74) is 0. The molecule has 0 bridgehead atoms. The molecule has 0 aliphatic heterocycles. The van der Waals surface area contributed by atoms with Gasteiger partial charge in [-0.3, -0.25) is 4.79 Å². The Labute approximate surface area is 132 Å². The van der Waals surface area contributed by atoms with Crippen LogP contribution in [-0.2, 0) is 21.3 Å². The number of hydrogen-bond donors (Lipinski definition) is 1. The van der Waals surface area contributed by atoms with E-state index in [2.05, 4.69) is 5.09 Å². The Morgan fingerprint density at radius 2 is 1.90 bits per heavy atom. The maximum absolute atomic E-state index is 11.8. The van der Waals surface area contributed by atoms with Crippen LogP contribution < -0.4 is 9.61 Å². The zero-order chi connectivity index (χ0) is 16.1. The molecule has 1 aromatic carbocycles. The van der Waals surface area contributed by atoms with Crippen LogP contribution in [0.5, 0.6) is 5.75 Å². The van der Waals surface area contributed by atoms with E-state index < -0.39 is 12.5 Å². The molecule has 2 atom stereocenters. The number of hydrogen-bond acceptors (Lipinski definition) is 4. The van der Waals surface area contributed by atoms with Gasteiger partial charge >= 0.3 is 5.97 Å². The molecule has 0 heterocycles. The molecule has 21 heavy (non-hydrogen) atoms. The molecule has 0 aliphatic carbocycles. The molecule has 118 valence electrons. The molecule has 1 rings (SSSR count). The highest BCUT2D eigenvalue weighted by Crippen LogP contribution is 2.55. The summed E-state index contributed by atoms with van der Waals surface area (Å²) in [5, 5.41) is 2.90. The highest BCUT2D eigenvalue weighted by molar-refractivity contribution is 8.12. The highest BCUT2D eigenvalue weighted by atomic mass is 32.4. The Morgan fingerprint density at radius 3 is 2.38 bits per heavy atom. The molecule has 0 spiro atoms. The van der Waals surface area contributed by atoms with Crippen molar-refractivity contribution in [3.8, 4) is 5.75 Å². The molecule has 0 saturated carbocycles. The number of carbonyl (C=O) groups is 1. The van der Waals surface area contributed by atoms with Gasteiger partial charge in [0.2, 0.25) is 0 Å². The molecule has 0 fully saturated rings. The van der Waals surface area contributed by atoms with Gasteiger partial charge in [0.25, 0.3) is 0 Å². The van der Waals surface area contributed by atoms with E-state index in [4.69, 9.17) is 21.1 Å². The number of nitrogens with one attached hydrogen (secondary N) is 1.